The largest absolute Gasteiger partial charge is 0.417 e. The van der Waals surface area contributed by atoms with Crippen LogP contribution in [0.3, 0.4) is 0 Å². The summed E-state index contributed by atoms with van der Waals surface area (Å²) in [5.74, 6) is 0. The SMILES string of the molecule is C=C(Nc1cc(-c2ccccc2)nc(-c2ccccc2C(F)(F)F)c1)c1ccccc1C.CCCCC. The Morgan fingerprint density at radius 1 is 0.811 bits per heavy atom. The fourth-order valence-corrected chi connectivity index (χ4v) is 3.96. The van der Waals surface area contributed by atoms with Crippen LogP contribution >= 0.6 is 0 Å². The third-order valence-electron chi connectivity index (χ3n) is 5.88. The molecular weight excluding hydrogens is 469 g/mol. The first-order valence-electron chi connectivity index (χ1n) is 12.5. The van der Waals surface area contributed by atoms with Crippen LogP contribution in [0, 0.1) is 6.92 Å². The lowest BCUT2D eigenvalue weighted by atomic mass is 10.0. The number of alkyl halides is 3. The third kappa shape index (κ3) is 7.56. The molecule has 0 unspecified atom stereocenters. The molecular formula is C32H33F3N2. The van der Waals surface area contributed by atoms with Gasteiger partial charge >= 0.3 is 6.18 Å². The van der Waals surface area contributed by atoms with Gasteiger partial charge in [-0.15, -0.1) is 0 Å². The highest BCUT2D eigenvalue weighted by Crippen LogP contribution is 2.38. The molecule has 0 amide bonds. The molecule has 0 atom stereocenters. The average molecular weight is 503 g/mol. The van der Waals surface area contributed by atoms with Crippen LogP contribution in [-0.2, 0) is 6.18 Å². The molecule has 0 saturated carbocycles. The summed E-state index contributed by atoms with van der Waals surface area (Å²) in [5, 5.41) is 3.26. The maximum absolute atomic E-state index is 13.7. The van der Waals surface area contributed by atoms with Gasteiger partial charge in [-0.1, -0.05) is 112 Å². The van der Waals surface area contributed by atoms with Crippen molar-refractivity contribution >= 4 is 11.4 Å². The molecule has 0 aliphatic heterocycles. The lowest BCUT2D eigenvalue weighted by Crippen LogP contribution is -2.08. The summed E-state index contributed by atoms with van der Waals surface area (Å²) in [5.41, 5.74) is 4.17. The molecule has 4 rings (SSSR count). The van der Waals surface area contributed by atoms with E-state index in [9.17, 15) is 13.2 Å². The van der Waals surface area contributed by atoms with Gasteiger partial charge < -0.3 is 5.32 Å². The number of aromatic nitrogens is 1. The number of unbranched alkanes of at least 4 members (excludes halogenated alkanes) is 2. The number of nitrogens with one attached hydrogen (secondary N) is 1. The molecule has 0 bridgehead atoms. The number of nitrogens with zero attached hydrogens (tertiary/aromatic N) is 1. The third-order valence-corrected chi connectivity index (χ3v) is 5.88. The van der Waals surface area contributed by atoms with Crippen LogP contribution in [0.5, 0.6) is 0 Å². The smallest absolute Gasteiger partial charge is 0.355 e. The normalized spacial score (nSPS) is 10.9. The highest BCUT2D eigenvalue weighted by atomic mass is 19.4. The first-order valence-corrected chi connectivity index (χ1v) is 12.5. The highest BCUT2D eigenvalue weighted by Gasteiger charge is 2.33. The molecule has 1 N–H and O–H groups in total. The second-order valence-corrected chi connectivity index (χ2v) is 8.81. The zero-order valence-electron chi connectivity index (χ0n) is 21.6. The van der Waals surface area contributed by atoms with E-state index < -0.39 is 11.7 Å². The molecule has 1 heterocycles. The number of pyridine rings is 1. The van der Waals surface area contributed by atoms with Gasteiger partial charge in [-0.2, -0.15) is 13.2 Å². The molecule has 5 heteroatoms. The molecule has 0 fully saturated rings. The van der Waals surface area contributed by atoms with E-state index in [0.29, 0.717) is 17.1 Å². The molecule has 4 aromatic rings. The molecule has 1 aromatic heterocycles. The first kappa shape index (κ1) is 27.7. The van der Waals surface area contributed by atoms with Gasteiger partial charge in [0.15, 0.2) is 0 Å². The van der Waals surface area contributed by atoms with Crippen LogP contribution in [0.15, 0.2) is 97.6 Å². The second kappa shape index (κ2) is 12.9. The zero-order chi connectivity index (χ0) is 26.8. The molecule has 0 spiro atoms. The summed E-state index contributed by atoms with van der Waals surface area (Å²) in [6, 6.07) is 26.1. The summed E-state index contributed by atoms with van der Waals surface area (Å²) in [4.78, 5) is 4.58. The topological polar surface area (TPSA) is 24.9 Å². The van der Waals surface area contributed by atoms with Crippen molar-refractivity contribution in [2.24, 2.45) is 0 Å². The van der Waals surface area contributed by atoms with E-state index in [0.717, 1.165) is 22.8 Å². The highest BCUT2D eigenvalue weighted by molar-refractivity contribution is 5.81. The molecule has 0 saturated heterocycles. The van der Waals surface area contributed by atoms with Crippen LogP contribution in [0.2, 0.25) is 0 Å². The molecule has 0 aliphatic rings. The van der Waals surface area contributed by atoms with Crippen molar-refractivity contribution in [3.05, 3.63) is 114 Å². The predicted octanol–water partition coefficient (Wildman–Crippen LogP) is 10.0. The summed E-state index contributed by atoms with van der Waals surface area (Å²) >= 11 is 0. The van der Waals surface area contributed by atoms with Gasteiger partial charge in [0.05, 0.1) is 17.0 Å². The number of halogens is 3. The van der Waals surface area contributed by atoms with Crippen molar-refractivity contribution in [2.75, 3.05) is 5.32 Å². The van der Waals surface area contributed by atoms with Crippen molar-refractivity contribution in [3.8, 4) is 22.5 Å². The minimum atomic E-state index is -4.49. The quantitative estimate of drug-likeness (QED) is 0.272. The molecule has 0 radical (unpaired) electrons. The fraction of sp³-hybridized carbons (Fsp3) is 0.219. The summed E-state index contributed by atoms with van der Waals surface area (Å²) in [6.45, 7) is 10.5. The minimum absolute atomic E-state index is 0.0299. The van der Waals surface area contributed by atoms with Crippen LogP contribution < -0.4 is 5.32 Å². The van der Waals surface area contributed by atoms with Crippen LogP contribution in [0.1, 0.15) is 49.8 Å². The number of aryl methyl sites for hydroxylation is 1. The Morgan fingerprint density at radius 3 is 2.03 bits per heavy atom. The van der Waals surface area contributed by atoms with Crippen LogP contribution in [-0.4, -0.2) is 4.98 Å². The zero-order valence-corrected chi connectivity index (χ0v) is 21.6. The summed E-state index contributed by atoms with van der Waals surface area (Å²) in [6.07, 6.45) is -0.410. The van der Waals surface area contributed by atoms with E-state index in [1.54, 1.807) is 12.1 Å². The van der Waals surface area contributed by atoms with Crippen LogP contribution in [0.4, 0.5) is 18.9 Å². The maximum Gasteiger partial charge on any atom is 0.417 e. The second-order valence-electron chi connectivity index (χ2n) is 8.81. The predicted molar refractivity (Wildman–Crippen MR) is 149 cm³/mol. The van der Waals surface area contributed by atoms with Gasteiger partial charge in [0.1, 0.15) is 0 Å². The van der Waals surface area contributed by atoms with Crippen LogP contribution in [0.25, 0.3) is 28.2 Å². The number of hydrogen-bond donors (Lipinski definition) is 1. The Hall–Kier alpha value is -3.86. The average Bonchev–Trinajstić information content (AvgIpc) is 2.89. The lowest BCUT2D eigenvalue weighted by Gasteiger charge is -2.17. The molecule has 0 aliphatic carbocycles. The number of rotatable bonds is 7. The van der Waals surface area contributed by atoms with Gasteiger partial charge in [-0.3, -0.25) is 0 Å². The standard InChI is InChI=1S/C27H21F3N2.C5H12/c1-18-10-6-7-13-22(18)19(2)31-21-16-25(20-11-4-3-5-12-20)32-26(17-21)23-14-8-9-15-24(23)27(28,29)30;1-3-5-4-2/h3-17H,2H2,1H3,(H,31,32);3-5H2,1-2H3. The number of benzene rings is 3. The summed E-state index contributed by atoms with van der Waals surface area (Å²) in [7, 11) is 0. The monoisotopic (exact) mass is 502 g/mol. The first-order chi connectivity index (χ1) is 17.7. The lowest BCUT2D eigenvalue weighted by molar-refractivity contribution is -0.137. The molecule has 2 nitrogen and oxygen atoms in total. The fourth-order valence-electron chi connectivity index (χ4n) is 3.96. The van der Waals surface area contributed by atoms with Gasteiger partial charge in [0, 0.05) is 28.1 Å². The van der Waals surface area contributed by atoms with E-state index in [2.05, 4.69) is 30.7 Å². The molecule has 3 aromatic carbocycles. The van der Waals surface area contributed by atoms with Gasteiger partial charge in [-0.05, 0) is 30.7 Å². The Labute approximate surface area is 217 Å². The van der Waals surface area contributed by atoms with Gasteiger partial charge in [0.2, 0.25) is 0 Å². The van der Waals surface area contributed by atoms with Crippen molar-refractivity contribution in [2.45, 2.75) is 46.2 Å². The van der Waals surface area contributed by atoms with Crippen molar-refractivity contribution in [1.29, 1.82) is 0 Å². The minimum Gasteiger partial charge on any atom is -0.355 e. The van der Waals surface area contributed by atoms with E-state index in [-0.39, 0.29) is 11.3 Å². The van der Waals surface area contributed by atoms with Crippen molar-refractivity contribution in [3.63, 3.8) is 0 Å². The Bertz CT molecular complexity index is 1310. The molecule has 192 valence electrons. The van der Waals surface area contributed by atoms with E-state index >= 15 is 0 Å². The van der Waals surface area contributed by atoms with Gasteiger partial charge in [0.25, 0.3) is 0 Å². The van der Waals surface area contributed by atoms with Crippen molar-refractivity contribution in [1.82, 2.24) is 4.98 Å². The Morgan fingerprint density at radius 2 is 1.41 bits per heavy atom. The summed E-state index contributed by atoms with van der Waals surface area (Å²) < 4.78 is 41.0. The number of hydrogen-bond acceptors (Lipinski definition) is 2. The van der Waals surface area contributed by atoms with Gasteiger partial charge in [-0.25, -0.2) is 4.98 Å². The van der Waals surface area contributed by atoms with Crippen molar-refractivity contribution < 1.29 is 13.2 Å². The Balaban J connectivity index is 0.000000695. The van der Waals surface area contributed by atoms with E-state index in [4.69, 9.17) is 0 Å². The van der Waals surface area contributed by atoms with E-state index in [1.165, 1.54) is 31.4 Å². The Kier molecular flexibility index (Phi) is 9.67. The van der Waals surface area contributed by atoms with E-state index in [1.807, 2.05) is 67.6 Å². The molecule has 37 heavy (non-hydrogen) atoms. The maximum atomic E-state index is 13.7. The number of anilines is 1.